The van der Waals surface area contributed by atoms with Crippen molar-refractivity contribution in [3.63, 3.8) is 0 Å². The molecule has 22 heavy (non-hydrogen) atoms. The zero-order valence-electron chi connectivity index (χ0n) is 11.9. The molecule has 0 saturated carbocycles. The Morgan fingerprint density at radius 2 is 1.95 bits per heavy atom. The molecule has 3 aromatic heterocycles. The van der Waals surface area contributed by atoms with Crippen LogP contribution in [-0.2, 0) is 0 Å². The normalized spacial score (nSPS) is 11.0. The van der Waals surface area contributed by atoms with Gasteiger partial charge in [0.05, 0.1) is 23.3 Å². The van der Waals surface area contributed by atoms with Crippen LogP contribution in [-0.4, -0.2) is 9.36 Å². The predicted molar refractivity (Wildman–Crippen MR) is 89.6 cm³/mol. The van der Waals surface area contributed by atoms with E-state index < -0.39 is 0 Å². The van der Waals surface area contributed by atoms with Crippen LogP contribution in [0.2, 0.25) is 0 Å². The van der Waals surface area contributed by atoms with Crippen LogP contribution < -0.4 is 5.32 Å². The number of pyridine rings is 1. The summed E-state index contributed by atoms with van der Waals surface area (Å²) in [5.41, 5.74) is 5.49. The lowest BCUT2D eigenvalue weighted by molar-refractivity contribution is 0.616. The van der Waals surface area contributed by atoms with Crippen LogP contribution in [0.1, 0.15) is 5.69 Å². The molecular formula is C17H13N3OS. The molecule has 4 rings (SSSR count). The van der Waals surface area contributed by atoms with Crippen molar-refractivity contribution in [2.24, 2.45) is 0 Å². The zero-order chi connectivity index (χ0) is 14.9. The van der Waals surface area contributed by atoms with Crippen molar-refractivity contribution in [1.82, 2.24) is 9.36 Å². The van der Waals surface area contributed by atoms with Gasteiger partial charge in [0.15, 0.2) is 5.58 Å². The van der Waals surface area contributed by atoms with Gasteiger partial charge < -0.3 is 9.73 Å². The van der Waals surface area contributed by atoms with Crippen LogP contribution >= 0.6 is 11.5 Å². The highest BCUT2D eigenvalue weighted by molar-refractivity contribution is 7.10. The zero-order valence-corrected chi connectivity index (χ0v) is 12.7. The molecule has 0 spiro atoms. The van der Waals surface area contributed by atoms with Crippen LogP contribution in [0.5, 0.6) is 0 Å². The Labute approximate surface area is 131 Å². The highest BCUT2D eigenvalue weighted by Crippen LogP contribution is 2.32. The lowest BCUT2D eigenvalue weighted by atomic mass is 10.1. The van der Waals surface area contributed by atoms with Crippen LogP contribution in [0, 0.1) is 6.92 Å². The first-order valence-electron chi connectivity index (χ1n) is 6.93. The molecule has 3 heterocycles. The number of hydrogen-bond donors (Lipinski definition) is 1. The number of aromatic nitrogens is 2. The molecule has 1 aromatic carbocycles. The quantitative estimate of drug-likeness (QED) is 0.578. The Hall–Kier alpha value is -2.66. The van der Waals surface area contributed by atoms with Gasteiger partial charge in [-0.3, -0.25) is 0 Å². The minimum atomic E-state index is 0.755. The van der Waals surface area contributed by atoms with Crippen molar-refractivity contribution >= 4 is 33.3 Å². The third kappa shape index (κ3) is 2.35. The molecule has 108 valence electrons. The van der Waals surface area contributed by atoms with Gasteiger partial charge in [-0.15, -0.1) is 0 Å². The standard InChI is InChI=1S/C17H13N3OS/c1-11-9-16(22-20-11)19-15-10-14(12-5-3-2-4-6-12)18-13-7-8-21-17(13)15/h2-10H,1H3,(H,18,19). The number of fused-ring (bicyclic) bond motifs is 1. The number of furan rings is 1. The number of nitrogens with one attached hydrogen (secondary N) is 1. The first kappa shape index (κ1) is 13.0. The van der Waals surface area contributed by atoms with Crippen molar-refractivity contribution in [1.29, 1.82) is 0 Å². The second-order valence-corrected chi connectivity index (χ2v) is 5.82. The average molecular weight is 307 g/mol. The fourth-order valence-electron chi connectivity index (χ4n) is 2.36. The largest absolute Gasteiger partial charge is 0.460 e. The first-order valence-corrected chi connectivity index (χ1v) is 7.71. The van der Waals surface area contributed by atoms with E-state index in [1.54, 1.807) is 6.26 Å². The molecule has 0 saturated heterocycles. The number of benzene rings is 1. The third-order valence-electron chi connectivity index (χ3n) is 3.37. The molecule has 0 aliphatic rings. The molecule has 4 aromatic rings. The first-order chi connectivity index (χ1) is 10.8. The fraction of sp³-hybridized carbons (Fsp3) is 0.0588. The summed E-state index contributed by atoms with van der Waals surface area (Å²) in [6.07, 6.45) is 1.66. The summed E-state index contributed by atoms with van der Waals surface area (Å²) in [5.74, 6) is 0. The fourth-order valence-corrected chi connectivity index (χ4v) is 3.04. The minimum Gasteiger partial charge on any atom is -0.460 e. The van der Waals surface area contributed by atoms with Crippen molar-refractivity contribution in [2.75, 3.05) is 5.32 Å². The Bertz CT molecular complexity index is 927. The minimum absolute atomic E-state index is 0.755. The molecule has 4 nitrogen and oxygen atoms in total. The van der Waals surface area contributed by atoms with Gasteiger partial charge in [-0.05, 0) is 30.6 Å². The number of anilines is 2. The summed E-state index contributed by atoms with van der Waals surface area (Å²) in [6, 6.07) is 16.0. The molecule has 0 unspecified atom stereocenters. The number of rotatable bonds is 3. The molecule has 0 atom stereocenters. The molecular weight excluding hydrogens is 294 g/mol. The maximum Gasteiger partial charge on any atom is 0.175 e. The van der Waals surface area contributed by atoms with Crippen molar-refractivity contribution in [3.05, 3.63) is 60.5 Å². The second-order valence-electron chi connectivity index (χ2n) is 5.01. The van der Waals surface area contributed by atoms with Gasteiger partial charge in [0, 0.05) is 11.6 Å². The summed E-state index contributed by atoms with van der Waals surface area (Å²) in [7, 11) is 0. The molecule has 0 radical (unpaired) electrons. The lowest BCUT2D eigenvalue weighted by Gasteiger charge is -2.07. The maximum atomic E-state index is 5.58. The number of hydrogen-bond acceptors (Lipinski definition) is 5. The number of aryl methyl sites for hydroxylation is 1. The molecule has 0 fully saturated rings. The topological polar surface area (TPSA) is 51.0 Å². The van der Waals surface area contributed by atoms with E-state index >= 15 is 0 Å². The summed E-state index contributed by atoms with van der Waals surface area (Å²) < 4.78 is 9.87. The van der Waals surface area contributed by atoms with Crippen molar-refractivity contribution in [3.8, 4) is 11.3 Å². The van der Waals surface area contributed by atoms with E-state index in [4.69, 9.17) is 4.42 Å². The van der Waals surface area contributed by atoms with Crippen molar-refractivity contribution < 1.29 is 4.42 Å². The highest BCUT2D eigenvalue weighted by atomic mass is 32.1. The van der Waals surface area contributed by atoms with Gasteiger partial charge in [0.25, 0.3) is 0 Å². The third-order valence-corrected chi connectivity index (χ3v) is 4.16. The molecule has 0 aliphatic carbocycles. The second kappa shape index (κ2) is 5.27. The van der Waals surface area contributed by atoms with E-state index in [2.05, 4.69) is 26.8 Å². The van der Waals surface area contributed by atoms with E-state index in [0.29, 0.717) is 0 Å². The molecule has 0 aliphatic heterocycles. The maximum absolute atomic E-state index is 5.58. The van der Waals surface area contributed by atoms with Crippen LogP contribution in [0.15, 0.2) is 59.2 Å². The molecule has 5 heteroatoms. The number of nitrogens with zero attached hydrogens (tertiary/aromatic N) is 2. The molecule has 0 amide bonds. The van der Waals surface area contributed by atoms with Gasteiger partial charge in [-0.25, -0.2) is 4.98 Å². The Kier molecular flexibility index (Phi) is 3.12. The summed E-state index contributed by atoms with van der Waals surface area (Å²) >= 11 is 1.43. The average Bonchev–Trinajstić information content (AvgIpc) is 3.17. The molecule has 0 bridgehead atoms. The Morgan fingerprint density at radius 3 is 2.73 bits per heavy atom. The predicted octanol–water partition coefficient (Wildman–Crippen LogP) is 5.00. The van der Waals surface area contributed by atoms with Gasteiger partial charge in [0.2, 0.25) is 0 Å². The molecule has 1 N–H and O–H groups in total. The Morgan fingerprint density at radius 1 is 1.09 bits per heavy atom. The van der Waals surface area contributed by atoms with E-state index in [1.807, 2.05) is 43.3 Å². The summed E-state index contributed by atoms with van der Waals surface area (Å²) in [4.78, 5) is 4.67. The monoisotopic (exact) mass is 307 g/mol. The summed E-state index contributed by atoms with van der Waals surface area (Å²) in [5, 5.41) is 4.37. The van der Waals surface area contributed by atoms with E-state index in [1.165, 1.54) is 11.5 Å². The smallest absolute Gasteiger partial charge is 0.175 e. The van der Waals surface area contributed by atoms with Crippen LogP contribution in [0.3, 0.4) is 0 Å². The van der Waals surface area contributed by atoms with Gasteiger partial charge in [0.1, 0.15) is 10.5 Å². The van der Waals surface area contributed by atoms with E-state index in [-0.39, 0.29) is 0 Å². The Balaban J connectivity index is 1.84. The van der Waals surface area contributed by atoms with E-state index in [0.717, 1.165) is 38.7 Å². The highest BCUT2D eigenvalue weighted by Gasteiger charge is 2.11. The van der Waals surface area contributed by atoms with Gasteiger partial charge in [-0.1, -0.05) is 30.3 Å². The van der Waals surface area contributed by atoms with E-state index in [9.17, 15) is 0 Å². The van der Waals surface area contributed by atoms with Crippen LogP contribution in [0.25, 0.3) is 22.4 Å². The van der Waals surface area contributed by atoms with Gasteiger partial charge >= 0.3 is 0 Å². The van der Waals surface area contributed by atoms with Gasteiger partial charge in [-0.2, -0.15) is 4.37 Å². The lowest BCUT2D eigenvalue weighted by Crippen LogP contribution is -1.92. The van der Waals surface area contributed by atoms with Crippen molar-refractivity contribution in [2.45, 2.75) is 6.92 Å². The summed E-state index contributed by atoms with van der Waals surface area (Å²) in [6.45, 7) is 1.98. The van der Waals surface area contributed by atoms with Crippen LogP contribution in [0.4, 0.5) is 10.7 Å². The SMILES string of the molecule is Cc1cc(Nc2cc(-c3ccccc3)nc3ccoc23)sn1.